The molecule has 3 heteroatoms. The number of pyridine rings is 1. The summed E-state index contributed by atoms with van der Waals surface area (Å²) in [5.41, 5.74) is 15.2. The van der Waals surface area contributed by atoms with E-state index in [4.69, 9.17) is 4.98 Å². The Labute approximate surface area is 343 Å². The summed E-state index contributed by atoms with van der Waals surface area (Å²) in [4.78, 5) is 5.47. The van der Waals surface area contributed by atoms with Crippen molar-refractivity contribution in [1.82, 2.24) is 4.98 Å². The van der Waals surface area contributed by atoms with Gasteiger partial charge < -0.3 is 4.57 Å². The van der Waals surface area contributed by atoms with Crippen LogP contribution in [-0.4, -0.2) is 4.98 Å². The Hall–Kier alpha value is -7.12. The second-order valence-electron chi connectivity index (χ2n) is 15.7. The lowest BCUT2D eigenvalue weighted by Gasteiger charge is -2.31. The van der Waals surface area contributed by atoms with Gasteiger partial charge in [0.05, 0.1) is 16.6 Å². The van der Waals surface area contributed by atoms with Gasteiger partial charge in [-0.3, -0.25) is 0 Å². The van der Waals surface area contributed by atoms with Crippen LogP contribution in [0.15, 0.2) is 218 Å². The van der Waals surface area contributed by atoms with E-state index in [0.717, 1.165) is 54.6 Å². The number of nitrogens with zero attached hydrogens (tertiary/aromatic N) is 1. The van der Waals surface area contributed by atoms with E-state index in [0.29, 0.717) is 0 Å². The van der Waals surface area contributed by atoms with Gasteiger partial charge in [-0.15, -0.1) is 0 Å². The van der Waals surface area contributed by atoms with Crippen LogP contribution < -0.4 is 15.9 Å². The molecular weight excluding hydrogens is 734 g/mol. The maximum Gasteiger partial charge on any atom is 0.171 e. The van der Waals surface area contributed by atoms with Gasteiger partial charge >= 0.3 is 0 Å². The van der Waals surface area contributed by atoms with Gasteiger partial charge in [0.25, 0.3) is 0 Å². The van der Waals surface area contributed by atoms with Gasteiger partial charge in [0.2, 0.25) is 0 Å². The molecule has 0 radical (unpaired) electrons. The third kappa shape index (κ3) is 4.82. The van der Waals surface area contributed by atoms with Gasteiger partial charge in [-0.05, 0) is 79.0 Å². The largest absolute Gasteiger partial charge is 0.309 e. The molecule has 0 unspecified atom stereocenters. The second kappa shape index (κ2) is 12.9. The molecule has 0 saturated carbocycles. The molecule has 59 heavy (non-hydrogen) atoms. The first-order valence-corrected chi connectivity index (χ1v) is 21.9. The maximum atomic E-state index is 15.1. The standard InChI is InChI=1S/C56H36NOP/c58-59(42-15-3-1-4-16-42,43-17-5-2-6-18-43)44-34-33-40-35-39(31-32-41(40)36-44)37-27-29-38(30-28-37)55-53-47-21-9-13-25-51(47)56(54(53)48-22-10-14-26-52(48)57-55)49-23-11-7-19-45(49)46-20-8-12-24-50(46)56/h1-36H. The van der Waals surface area contributed by atoms with Gasteiger partial charge in [-0.1, -0.05) is 200 Å². The minimum absolute atomic E-state index is 0.461. The molecule has 1 aromatic heterocycles. The van der Waals surface area contributed by atoms with E-state index in [1.54, 1.807) is 0 Å². The lowest BCUT2D eigenvalue weighted by Crippen LogP contribution is -2.26. The predicted octanol–water partition coefficient (Wildman–Crippen LogP) is 12.7. The number of hydrogen-bond donors (Lipinski definition) is 0. The summed E-state index contributed by atoms with van der Waals surface area (Å²) in [6, 6.07) is 77.1. The fourth-order valence-corrected chi connectivity index (χ4v) is 12.9. The topological polar surface area (TPSA) is 30.0 Å². The molecule has 0 fully saturated rings. The van der Waals surface area contributed by atoms with Crippen LogP contribution in [0.2, 0.25) is 0 Å². The molecule has 0 bridgehead atoms. The SMILES string of the molecule is O=P(c1ccccc1)(c1ccccc1)c1ccc2cc(-c3ccc(-c4nc5ccccc5c5c4-c4ccccc4C54c5ccccc5-c5ccccc54)cc3)ccc2c1. The first-order chi connectivity index (χ1) is 29.1. The summed E-state index contributed by atoms with van der Waals surface area (Å²) in [6.45, 7) is 0. The minimum atomic E-state index is -3.07. The van der Waals surface area contributed by atoms with E-state index in [9.17, 15) is 0 Å². The van der Waals surface area contributed by atoms with Crippen LogP contribution in [-0.2, 0) is 9.98 Å². The van der Waals surface area contributed by atoms with Crippen molar-refractivity contribution in [3.8, 4) is 44.6 Å². The Morgan fingerprint density at radius 3 is 1.54 bits per heavy atom. The first-order valence-electron chi connectivity index (χ1n) is 20.2. The lowest BCUT2D eigenvalue weighted by atomic mass is 9.69. The molecule has 0 saturated heterocycles. The maximum absolute atomic E-state index is 15.1. The summed E-state index contributed by atoms with van der Waals surface area (Å²) in [5, 5.41) is 5.87. The highest BCUT2D eigenvalue weighted by Gasteiger charge is 2.53. The molecule has 10 aromatic rings. The van der Waals surface area contributed by atoms with E-state index in [1.165, 1.54) is 49.9 Å². The molecule has 0 N–H and O–H groups in total. The van der Waals surface area contributed by atoms with E-state index >= 15 is 4.57 Å². The Morgan fingerprint density at radius 2 is 0.881 bits per heavy atom. The highest BCUT2D eigenvalue weighted by molar-refractivity contribution is 7.85. The molecule has 0 amide bonds. The van der Waals surface area contributed by atoms with Gasteiger partial charge in [0.1, 0.15) is 0 Å². The summed E-state index contributed by atoms with van der Waals surface area (Å²) < 4.78 is 15.1. The van der Waals surface area contributed by atoms with Crippen LogP contribution in [0.1, 0.15) is 22.3 Å². The van der Waals surface area contributed by atoms with E-state index in [1.807, 2.05) is 66.7 Å². The fourth-order valence-electron chi connectivity index (χ4n) is 10.2. The van der Waals surface area contributed by atoms with Gasteiger partial charge in [-0.25, -0.2) is 4.98 Å². The number of benzene rings is 9. The monoisotopic (exact) mass is 769 g/mol. The molecule has 2 nitrogen and oxygen atoms in total. The zero-order valence-corrected chi connectivity index (χ0v) is 33.0. The smallest absolute Gasteiger partial charge is 0.171 e. The molecule has 0 aliphatic heterocycles. The van der Waals surface area contributed by atoms with Gasteiger partial charge in [0, 0.05) is 32.4 Å². The summed E-state index contributed by atoms with van der Waals surface area (Å²) in [6.07, 6.45) is 0. The summed E-state index contributed by atoms with van der Waals surface area (Å²) in [7, 11) is -3.07. The third-order valence-electron chi connectivity index (χ3n) is 12.7. The Morgan fingerprint density at radius 1 is 0.390 bits per heavy atom. The minimum Gasteiger partial charge on any atom is -0.309 e. The number of hydrogen-bond acceptors (Lipinski definition) is 2. The zero-order valence-electron chi connectivity index (χ0n) is 32.1. The van der Waals surface area contributed by atoms with Crippen molar-refractivity contribution in [2.75, 3.05) is 0 Å². The van der Waals surface area contributed by atoms with Gasteiger partial charge in [-0.2, -0.15) is 0 Å². The quantitative estimate of drug-likeness (QED) is 0.163. The Kier molecular flexibility index (Phi) is 7.45. The van der Waals surface area contributed by atoms with Crippen molar-refractivity contribution in [3.63, 3.8) is 0 Å². The molecule has 2 aliphatic carbocycles. The summed E-state index contributed by atoms with van der Waals surface area (Å²) >= 11 is 0. The lowest BCUT2D eigenvalue weighted by molar-refractivity contribution is 0.592. The van der Waals surface area contributed by atoms with Crippen molar-refractivity contribution >= 4 is 44.7 Å². The summed E-state index contributed by atoms with van der Waals surface area (Å²) in [5.74, 6) is 0. The molecule has 12 rings (SSSR count). The second-order valence-corrected chi connectivity index (χ2v) is 18.5. The number of rotatable bonds is 5. The average Bonchev–Trinajstić information content (AvgIpc) is 3.79. The van der Waals surface area contributed by atoms with Crippen LogP contribution >= 0.6 is 7.14 Å². The highest BCUT2D eigenvalue weighted by atomic mass is 31.2. The zero-order chi connectivity index (χ0) is 39.1. The Bertz CT molecular complexity index is 3260. The highest BCUT2D eigenvalue weighted by Crippen LogP contribution is 2.65. The van der Waals surface area contributed by atoms with Crippen molar-refractivity contribution < 1.29 is 4.57 Å². The molecule has 9 aromatic carbocycles. The Balaban J connectivity index is 0.986. The molecule has 1 spiro atoms. The molecule has 0 atom stereocenters. The molecule has 2 aliphatic rings. The van der Waals surface area contributed by atoms with Gasteiger partial charge in [0.15, 0.2) is 7.14 Å². The van der Waals surface area contributed by atoms with Crippen molar-refractivity contribution in [1.29, 1.82) is 0 Å². The average molecular weight is 770 g/mol. The molecular formula is C56H36NOP. The van der Waals surface area contributed by atoms with E-state index < -0.39 is 12.6 Å². The van der Waals surface area contributed by atoms with Crippen LogP contribution in [0.3, 0.4) is 0 Å². The van der Waals surface area contributed by atoms with E-state index in [-0.39, 0.29) is 0 Å². The van der Waals surface area contributed by atoms with Crippen molar-refractivity contribution in [2.24, 2.45) is 0 Å². The van der Waals surface area contributed by atoms with Crippen LogP contribution in [0.5, 0.6) is 0 Å². The van der Waals surface area contributed by atoms with E-state index in [2.05, 4.69) is 152 Å². The van der Waals surface area contributed by atoms with Crippen LogP contribution in [0, 0.1) is 0 Å². The van der Waals surface area contributed by atoms with Crippen LogP contribution in [0.4, 0.5) is 0 Å². The normalized spacial score (nSPS) is 13.3. The molecule has 276 valence electrons. The number of fused-ring (bicyclic) bond motifs is 13. The fraction of sp³-hybridized carbons (Fsp3) is 0.0179. The third-order valence-corrected chi connectivity index (χ3v) is 15.8. The van der Waals surface area contributed by atoms with Crippen molar-refractivity contribution in [3.05, 3.63) is 241 Å². The van der Waals surface area contributed by atoms with Crippen LogP contribution in [0.25, 0.3) is 66.3 Å². The van der Waals surface area contributed by atoms with Crippen molar-refractivity contribution in [2.45, 2.75) is 5.41 Å². The predicted molar refractivity (Wildman–Crippen MR) is 246 cm³/mol. The molecule has 1 heterocycles. The number of para-hydroxylation sites is 1. The first kappa shape index (κ1) is 34.0. The number of aromatic nitrogens is 1.